The summed E-state index contributed by atoms with van der Waals surface area (Å²) in [4.78, 5) is 30.2. The van der Waals surface area contributed by atoms with Gasteiger partial charge in [0.2, 0.25) is 5.56 Å². The monoisotopic (exact) mass is 627 g/mol. The molecule has 228 valence electrons. The van der Waals surface area contributed by atoms with E-state index in [1.165, 1.54) is 19.6 Å². The standard InChI is InChI=1S/C34H37N5O3S2/c1-23-4-2-6-27(35-23)28(10-11-38-12-16-41-17-13-38)36-24-8-9-30-32(20-24)43-31-7-3-5-26(34(31)44-30)29-21-25(22-33(40)37-29)39-14-18-42-19-15-39/h2-9,20-22,28,36H,10-19H2,1H3,(H,37,40). The lowest BCUT2D eigenvalue weighted by Crippen LogP contribution is -2.37. The van der Waals surface area contributed by atoms with Gasteiger partial charge in [-0.1, -0.05) is 41.7 Å². The Morgan fingerprint density at radius 2 is 1.68 bits per heavy atom. The number of nitrogens with one attached hydrogen (secondary N) is 2. The summed E-state index contributed by atoms with van der Waals surface area (Å²) in [5, 5.41) is 3.82. The maximum absolute atomic E-state index is 12.7. The molecule has 44 heavy (non-hydrogen) atoms. The molecule has 2 fully saturated rings. The van der Waals surface area contributed by atoms with Crippen LogP contribution in [0.15, 0.2) is 91.1 Å². The molecule has 0 bridgehead atoms. The summed E-state index contributed by atoms with van der Waals surface area (Å²) >= 11 is 3.56. The van der Waals surface area contributed by atoms with Crippen molar-refractivity contribution < 1.29 is 9.47 Å². The van der Waals surface area contributed by atoms with Gasteiger partial charge in [0, 0.05) is 81.0 Å². The van der Waals surface area contributed by atoms with E-state index in [-0.39, 0.29) is 11.6 Å². The van der Waals surface area contributed by atoms with Crippen LogP contribution in [0.3, 0.4) is 0 Å². The predicted molar refractivity (Wildman–Crippen MR) is 177 cm³/mol. The van der Waals surface area contributed by atoms with Gasteiger partial charge in [-0.15, -0.1) is 0 Å². The van der Waals surface area contributed by atoms with E-state index in [0.29, 0.717) is 13.2 Å². The minimum Gasteiger partial charge on any atom is -0.379 e. The molecule has 4 aromatic rings. The minimum atomic E-state index is -0.0857. The van der Waals surface area contributed by atoms with Crippen LogP contribution in [0.2, 0.25) is 0 Å². The van der Waals surface area contributed by atoms with Gasteiger partial charge in [0.1, 0.15) is 0 Å². The van der Waals surface area contributed by atoms with E-state index < -0.39 is 0 Å². The normalized spacial score (nSPS) is 17.5. The highest BCUT2D eigenvalue weighted by atomic mass is 32.2. The molecule has 10 heteroatoms. The van der Waals surface area contributed by atoms with Crippen LogP contribution >= 0.6 is 23.5 Å². The molecule has 2 aromatic heterocycles. The summed E-state index contributed by atoms with van der Waals surface area (Å²) in [5.74, 6) is 0. The Hall–Kier alpha value is -3.28. The average molecular weight is 628 g/mol. The van der Waals surface area contributed by atoms with Crippen molar-refractivity contribution in [2.45, 2.75) is 39.0 Å². The van der Waals surface area contributed by atoms with Gasteiger partial charge in [0.25, 0.3) is 0 Å². The molecule has 2 aromatic carbocycles. The fraction of sp³-hybridized carbons (Fsp3) is 0.353. The minimum absolute atomic E-state index is 0.0857. The second-order valence-corrected chi connectivity index (χ2v) is 13.5. The van der Waals surface area contributed by atoms with Crippen molar-refractivity contribution >= 4 is 34.9 Å². The maximum atomic E-state index is 12.7. The smallest absolute Gasteiger partial charge is 0.250 e. The number of pyridine rings is 2. The molecule has 0 amide bonds. The second-order valence-electron chi connectivity index (χ2n) is 11.4. The Kier molecular flexibility index (Phi) is 8.95. The maximum Gasteiger partial charge on any atom is 0.250 e. The number of benzene rings is 2. The Labute approximate surface area is 266 Å². The lowest BCUT2D eigenvalue weighted by molar-refractivity contribution is 0.0368. The number of aromatic amines is 1. The molecule has 7 rings (SSSR count). The van der Waals surface area contributed by atoms with E-state index in [1.807, 2.05) is 0 Å². The van der Waals surface area contributed by atoms with Gasteiger partial charge in [0.05, 0.1) is 43.9 Å². The molecule has 0 radical (unpaired) electrons. The third-order valence-corrected chi connectivity index (χ3v) is 10.9. The molecule has 0 spiro atoms. The van der Waals surface area contributed by atoms with Gasteiger partial charge in [0.15, 0.2) is 0 Å². The SMILES string of the molecule is Cc1cccc(C(CCN2CCOCC2)Nc2ccc3c(c2)Sc2cccc(-c4cc(N5CCOCC5)cc(=O)[nH]4)c2S3)n1. The molecule has 3 aliphatic heterocycles. The molecule has 8 nitrogen and oxygen atoms in total. The van der Waals surface area contributed by atoms with E-state index in [4.69, 9.17) is 14.5 Å². The molecule has 1 unspecified atom stereocenters. The van der Waals surface area contributed by atoms with E-state index in [0.717, 1.165) is 86.4 Å². The topological polar surface area (TPSA) is 82.7 Å². The highest BCUT2D eigenvalue weighted by molar-refractivity contribution is 8.05. The van der Waals surface area contributed by atoms with Crippen LogP contribution in [0, 0.1) is 6.92 Å². The molecule has 0 saturated carbocycles. The van der Waals surface area contributed by atoms with Crippen molar-refractivity contribution in [1.29, 1.82) is 0 Å². The lowest BCUT2D eigenvalue weighted by Gasteiger charge is -2.29. The summed E-state index contributed by atoms with van der Waals surface area (Å²) in [6.45, 7) is 9.56. The zero-order chi connectivity index (χ0) is 29.9. The van der Waals surface area contributed by atoms with Crippen LogP contribution in [0.4, 0.5) is 11.4 Å². The van der Waals surface area contributed by atoms with Crippen molar-refractivity contribution in [2.24, 2.45) is 0 Å². The van der Waals surface area contributed by atoms with E-state index in [9.17, 15) is 4.79 Å². The van der Waals surface area contributed by atoms with Gasteiger partial charge >= 0.3 is 0 Å². The van der Waals surface area contributed by atoms with Crippen LogP contribution in [0.1, 0.15) is 23.9 Å². The zero-order valence-corrected chi connectivity index (χ0v) is 26.5. The highest BCUT2D eigenvalue weighted by Gasteiger charge is 2.23. The van der Waals surface area contributed by atoms with Gasteiger partial charge in [-0.3, -0.25) is 14.7 Å². The Balaban J connectivity index is 1.13. The quantitative estimate of drug-likeness (QED) is 0.213. The summed E-state index contributed by atoms with van der Waals surface area (Å²) in [6.07, 6.45) is 0.962. The molecule has 3 aliphatic rings. The van der Waals surface area contributed by atoms with Crippen molar-refractivity contribution in [3.8, 4) is 11.3 Å². The van der Waals surface area contributed by atoms with E-state index >= 15 is 0 Å². The fourth-order valence-electron chi connectivity index (χ4n) is 5.97. The third kappa shape index (κ3) is 6.69. The first-order valence-corrected chi connectivity index (χ1v) is 16.9. The molecule has 5 heterocycles. The van der Waals surface area contributed by atoms with Crippen LogP contribution in [-0.2, 0) is 9.47 Å². The van der Waals surface area contributed by atoms with Gasteiger partial charge in [-0.25, -0.2) is 0 Å². The Morgan fingerprint density at radius 1 is 0.886 bits per heavy atom. The first-order valence-electron chi connectivity index (χ1n) is 15.3. The van der Waals surface area contributed by atoms with Crippen LogP contribution in [-0.4, -0.2) is 74.0 Å². The zero-order valence-electron chi connectivity index (χ0n) is 24.9. The van der Waals surface area contributed by atoms with Crippen LogP contribution < -0.4 is 15.8 Å². The second kappa shape index (κ2) is 13.4. The van der Waals surface area contributed by atoms with Gasteiger partial charge < -0.3 is 24.7 Å². The molecular weight excluding hydrogens is 591 g/mol. The van der Waals surface area contributed by atoms with Crippen molar-refractivity contribution in [3.63, 3.8) is 0 Å². The van der Waals surface area contributed by atoms with Crippen molar-refractivity contribution in [2.75, 3.05) is 69.4 Å². The molecule has 2 N–H and O–H groups in total. The number of ether oxygens (including phenoxy) is 2. The number of aryl methyl sites for hydroxylation is 1. The Bertz CT molecular complexity index is 1680. The lowest BCUT2D eigenvalue weighted by atomic mass is 10.1. The fourth-order valence-corrected chi connectivity index (χ4v) is 8.38. The number of fused-ring (bicyclic) bond motifs is 2. The average Bonchev–Trinajstić information content (AvgIpc) is 3.06. The predicted octanol–water partition coefficient (Wildman–Crippen LogP) is 6.07. The van der Waals surface area contributed by atoms with E-state index in [1.54, 1.807) is 29.6 Å². The van der Waals surface area contributed by atoms with E-state index in [2.05, 4.69) is 87.7 Å². The van der Waals surface area contributed by atoms with Crippen molar-refractivity contribution in [3.05, 3.63) is 88.5 Å². The van der Waals surface area contributed by atoms with Gasteiger partial charge in [-0.2, -0.15) is 0 Å². The summed E-state index contributed by atoms with van der Waals surface area (Å²) in [6, 6.07) is 23.2. The molecule has 2 saturated heterocycles. The number of hydrogen-bond acceptors (Lipinski definition) is 9. The van der Waals surface area contributed by atoms with Gasteiger partial charge in [-0.05, 0) is 55.8 Å². The first-order chi connectivity index (χ1) is 21.6. The Morgan fingerprint density at radius 3 is 2.50 bits per heavy atom. The third-order valence-electron chi connectivity index (χ3n) is 8.30. The van der Waals surface area contributed by atoms with Crippen LogP contribution in [0.5, 0.6) is 0 Å². The number of nitrogens with zero attached hydrogens (tertiary/aromatic N) is 3. The van der Waals surface area contributed by atoms with Crippen molar-refractivity contribution in [1.82, 2.24) is 14.9 Å². The number of rotatable bonds is 8. The van der Waals surface area contributed by atoms with Crippen LogP contribution in [0.25, 0.3) is 11.3 Å². The number of aromatic nitrogens is 2. The summed E-state index contributed by atoms with van der Waals surface area (Å²) in [5.41, 5.74) is 5.95. The molecule has 1 atom stereocenters. The number of H-pyrrole nitrogens is 1. The largest absolute Gasteiger partial charge is 0.379 e. The first kappa shape index (κ1) is 29.4. The summed E-state index contributed by atoms with van der Waals surface area (Å²) < 4.78 is 11.1. The molecular formula is C34H37N5O3S2. The summed E-state index contributed by atoms with van der Waals surface area (Å²) in [7, 11) is 0. The molecule has 0 aliphatic carbocycles. The number of anilines is 2. The number of morpholine rings is 2. The number of hydrogen-bond donors (Lipinski definition) is 2. The highest BCUT2D eigenvalue weighted by Crippen LogP contribution is 2.52.